The van der Waals surface area contributed by atoms with E-state index in [0.29, 0.717) is 78.9 Å². The smallest absolute Gasteiger partial charge is 0.371 e. The monoisotopic (exact) mass is 1060 g/mol. The topological polar surface area (TPSA) is 179 Å². The maximum absolute atomic E-state index is 13.9. The zero-order valence-electron chi connectivity index (χ0n) is 42.9. The van der Waals surface area contributed by atoms with Gasteiger partial charge in [-0.15, -0.1) is 10.2 Å². The van der Waals surface area contributed by atoms with Gasteiger partial charge in [0.2, 0.25) is 11.0 Å². The molecule has 2 saturated carbocycles. The quantitative estimate of drug-likeness (QED) is 0.0311. The van der Waals surface area contributed by atoms with E-state index in [1.165, 1.54) is 28.9 Å². The van der Waals surface area contributed by atoms with Crippen LogP contribution >= 0.6 is 11.3 Å². The van der Waals surface area contributed by atoms with Gasteiger partial charge in [-0.2, -0.15) is 4.39 Å². The Morgan fingerprint density at radius 1 is 0.610 bits per heavy atom. The molecule has 9 rings (SSSR count). The Kier molecular flexibility index (Phi) is 18.2. The second-order valence-electron chi connectivity index (χ2n) is 19.9. The lowest BCUT2D eigenvalue weighted by molar-refractivity contribution is -0.145. The highest BCUT2D eigenvalue weighted by atomic mass is 32.1. The number of fused-ring (bicyclic) bond motifs is 2. The van der Waals surface area contributed by atoms with Crippen LogP contribution in [0.15, 0.2) is 122 Å². The van der Waals surface area contributed by atoms with Crippen molar-refractivity contribution in [3.05, 3.63) is 139 Å². The lowest BCUT2D eigenvalue weighted by atomic mass is 9.78. The van der Waals surface area contributed by atoms with Crippen LogP contribution < -0.4 is 29.0 Å². The minimum Gasteiger partial charge on any atom is -0.494 e. The predicted molar refractivity (Wildman–Crippen MR) is 290 cm³/mol. The van der Waals surface area contributed by atoms with Crippen molar-refractivity contribution >= 4 is 62.8 Å². The molecular weight excluding hydrogens is 1000 g/mol. The van der Waals surface area contributed by atoms with Gasteiger partial charge in [0.05, 0.1) is 36.5 Å². The fourth-order valence-corrected chi connectivity index (χ4v) is 11.1. The van der Waals surface area contributed by atoms with Crippen LogP contribution in [-0.2, 0) is 41.6 Å². The molecule has 400 valence electrons. The number of hydrogen-bond donors (Lipinski definition) is 1. The Morgan fingerprint density at radius 3 is 1.92 bits per heavy atom. The van der Waals surface area contributed by atoms with Crippen molar-refractivity contribution in [2.24, 2.45) is 17.8 Å². The number of carbonyl (C=O) groups excluding carboxylic acids is 5. The van der Waals surface area contributed by atoms with E-state index in [4.69, 9.17) is 28.4 Å². The first-order valence-electron chi connectivity index (χ1n) is 26.6. The first kappa shape index (κ1) is 54.1. The van der Waals surface area contributed by atoms with Crippen LogP contribution in [0, 0.1) is 17.8 Å². The van der Waals surface area contributed by atoms with Crippen LogP contribution in [0.5, 0.6) is 28.7 Å². The van der Waals surface area contributed by atoms with Gasteiger partial charge in [0.25, 0.3) is 0 Å². The van der Waals surface area contributed by atoms with Gasteiger partial charge >= 0.3 is 29.8 Å². The van der Waals surface area contributed by atoms with Crippen molar-refractivity contribution in [2.75, 3.05) is 18.5 Å². The van der Waals surface area contributed by atoms with E-state index in [9.17, 15) is 28.4 Å². The molecule has 0 aliphatic heterocycles. The lowest BCUT2D eigenvalue weighted by Crippen LogP contribution is -2.30. The molecule has 0 amide bonds. The summed E-state index contributed by atoms with van der Waals surface area (Å²) in [5, 5.41) is 15.2. The molecule has 1 heterocycles. The summed E-state index contributed by atoms with van der Waals surface area (Å²) < 4.78 is 47.0. The predicted octanol–water partition coefficient (Wildman–Crippen LogP) is 13.2. The van der Waals surface area contributed by atoms with Crippen LogP contribution in [0.3, 0.4) is 0 Å². The molecular formula is C61H62FN3O11S. The van der Waals surface area contributed by atoms with Gasteiger partial charge in [0.1, 0.15) is 28.7 Å². The molecule has 2 fully saturated rings. The first-order valence-corrected chi connectivity index (χ1v) is 27.4. The van der Waals surface area contributed by atoms with E-state index in [-0.39, 0.29) is 46.9 Å². The number of hydrogen-bond acceptors (Lipinski definition) is 15. The summed E-state index contributed by atoms with van der Waals surface area (Å²) in [5.41, 5.74) is 5.19. The summed E-state index contributed by atoms with van der Waals surface area (Å²) in [6, 6.07) is 29.4. The number of anilines is 2. The molecule has 6 aromatic rings. The van der Waals surface area contributed by atoms with Crippen LogP contribution in [0.25, 0.3) is 21.3 Å². The van der Waals surface area contributed by atoms with Gasteiger partial charge in [-0.05, 0) is 203 Å². The van der Waals surface area contributed by atoms with Crippen LogP contribution in [0.4, 0.5) is 15.2 Å². The van der Waals surface area contributed by atoms with Crippen molar-refractivity contribution in [2.45, 2.75) is 109 Å². The second kappa shape index (κ2) is 25.9. The Labute approximate surface area is 451 Å². The number of rotatable bonds is 21. The van der Waals surface area contributed by atoms with E-state index in [0.717, 1.165) is 85.9 Å². The summed E-state index contributed by atoms with van der Waals surface area (Å²) in [4.78, 5) is 63.8. The number of nitrogens with one attached hydrogen (secondary N) is 1. The SMILES string of the molecule is C=CC(=O)OCCCCCCOc1ccc(OC(=O)C2CCC(C(=O)Oc3ccc(OC(=O)C4CCC(c5ccc6cc(OC(=O)C(=C)F)ccc6c5)CC4)cc3-c3nnc(Nc4ccc5c(c4)CCCC5)s3)CC2)cc1. The molecule has 0 unspecified atom stereocenters. The number of unbranched alkanes of at least 4 members (excludes halogenated alkanes) is 3. The number of aromatic nitrogens is 2. The minimum atomic E-state index is -1.16. The highest BCUT2D eigenvalue weighted by molar-refractivity contribution is 7.18. The standard InChI is InChI=1S/C61H62FN3O11S/c1-3-55(66)72-33-9-5-4-8-32-71-49-26-28-50(29-27-49)73-58(68)42-16-18-43(19-17-42)60(70)76-54-31-30-52(37-53(54)56-64-65-61(77-56)63-48-24-22-39-10-6-7-11-44(39)35-48)75-59(69)41-14-12-40(13-15-41)45-20-21-47-36-51(25-23-46(47)34-45)74-57(67)38(2)62/h3,20-31,34-37,40-43H,1-2,4-19,32-33H2,(H,63,65). The van der Waals surface area contributed by atoms with Gasteiger partial charge in [-0.3, -0.25) is 14.4 Å². The van der Waals surface area contributed by atoms with Crippen molar-refractivity contribution < 1.29 is 56.8 Å². The highest BCUT2D eigenvalue weighted by Crippen LogP contribution is 2.41. The molecule has 16 heteroatoms. The molecule has 0 radical (unpaired) electrons. The van der Waals surface area contributed by atoms with Gasteiger partial charge in [-0.1, -0.05) is 54.8 Å². The van der Waals surface area contributed by atoms with E-state index in [1.807, 2.05) is 24.3 Å². The largest absolute Gasteiger partial charge is 0.494 e. The third-order valence-corrected chi connectivity index (χ3v) is 15.5. The minimum absolute atomic E-state index is 0.230. The Bertz CT molecular complexity index is 3120. The molecule has 0 atom stereocenters. The summed E-state index contributed by atoms with van der Waals surface area (Å²) in [7, 11) is 0. The number of ether oxygens (including phenoxy) is 6. The van der Waals surface area contributed by atoms with E-state index < -0.39 is 29.7 Å². The maximum Gasteiger partial charge on any atom is 0.371 e. The van der Waals surface area contributed by atoms with Crippen molar-refractivity contribution in [3.8, 4) is 39.3 Å². The number of aryl methyl sites for hydroxylation is 2. The normalized spacial score (nSPS) is 18.0. The van der Waals surface area contributed by atoms with E-state index in [2.05, 4.69) is 46.9 Å². The van der Waals surface area contributed by atoms with Crippen LogP contribution in [0.2, 0.25) is 0 Å². The Hall–Kier alpha value is -7.72. The summed E-state index contributed by atoms with van der Waals surface area (Å²) in [6.45, 7) is 7.29. The number of benzene rings is 5. The first-order chi connectivity index (χ1) is 37.4. The molecule has 3 aliphatic rings. The fourth-order valence-electron chi connectivity index (χ4n) is 10.3. The molecule has 77 heavy (non-hydrogen) atoms. The van der Waals surface area contributed by atoms with Crippen molar-refractivity contribution in [1.29, 1.82) is 0 Å². The fraction of sp³-hybridized carbons (Fsp3) is 0.361. The Balaban J connectivity index is 0.796. The number of carbonyl (C=O) groups is 5. The lowest BCUT2D eigenvalue weighted by Gasteiger charge is -2.28. The second-order valence-corrected chi connectivity index (χ2v) is 20.9. The van der Waals surface area contributed by atoms with Crippen LogP contribution in [-0.4, -0.2) is 53.3 Å². The number of esters is 5. The van der Waals surface area contributed by atoms with Gasteiger partial charge in [0.15, 0.2) is 5.01 Å². The van der Waals surface area contributed by atoms with Gasteiger partial charge < -0.3 is 33.7 Å². The average molecular weight is 1060 g/mol. The summed E-state index contributed by atoms with van der Waals surface area (Å²) in [5.74, 6) is -2.89. The third-order valence-electron chi connectivity index (χ3n) is 14.6. The zero-order chi connectivity index (χ0) is 53.7. The van der Waals surface area contributed by atoms with Gasteiger partial charge in [0, 0.05) is 11.8 Å². The molecule has 0 saturated heterocycles. The molecule has 3 aliphatic carbocycles. The molecule has 0 spiro atoms. The summed E-state index contributed by atoms with van der Waals surface area (Å²) in [6.07, 6.45) is 13.7. The van der Waals surface area contributed by atoms with E-state index >= 15 is 0 Å². The van der Waals surface area contributed by atoms with Gasteiger partial charge in [-0.25, -0.2) is 9.59 Å². The highest BCUT2D eigenvalue weighted by Gasteiger charge is 2.34. The molecule has 14 nitrogen and oxygen atoms in total. The van der Waals surface area contributed by atoms with E-state index in [1.54, 1.807) is 54.6 Å². The molecule has 1 aromatic heterocycles. The zero-order valence-corrected chi connectivity index (χ0v) is 43.8. The maximum atomic E-state index is 13.9. The van der Waals surface area contributed by atoms with Crippen LogP contribution in [0.1, 0.15) is 112 Å². The van der Waals surface area contributed by atoms with Crippen molar-refractivity contribution in [1.82, 2.24) is 10.2 Å². The average Bonchev–Trinajstić information content (AvgIpc) is 3.92. The number of halogens is 1. The Morgan fingerprint density at radius 2 is 1.21 bits per heavy atom. The third kappa shape index (κ3) is 14.6. The molecule has 0 bridgehead atoms. The molecule has 1 N–H and O–H groups in total. The molecule has 5 aromatic carbocycles. The summed E-state index contributed by atoms with van der Waals surface area (Å²) >= 11 is 1.29. The van der Waals surface area contributed by atoms with Crippen molar-refractivity contribution in [3.63, 3.8) is 0 Å². The number of nitrogens with zero attached hydrogens (tertiary/aromatic N) is 2.